The zero-order chi connectivity index (χ0) is 24.8. The summed E-state index contributed by atoms with van der Waals surface area (Å²) < 4.78 is 43.7. The predicted octanol–water partition coefficient (Wildman–Crippen LogP) is 6.17. The minimum atomic E-state index is -2.77. The standard InChI is InChI=1S/C26H26F3IN4O/c27-23-20(13-17(16-31)14-22(23)34-11-7-26(28,29)8-12-34)32-24(35)19-2-1-18(30)15-21(19)33-9-5-25(3-4-25)6-10-33/h1-2,13-15H,3-12H2,(H,32,35). The van der Waals surface area contributed by atoms with Crippen molar-refractivity contribution < 1.29 is 18.0 Å². The summed E-state index contributed by atoms with van der Waals surface area (Å²) in [6, 6.07) is 10.2. The van der Waals surface area contributed by atoms with Crippen molar-refractivity contribution in [2.24, 2.45) is 5.41 Å². The number of piperidine rings is 2. The van der Waals surface area contributed by atoms with Crippen LogP contribution >= 0.6 is 22.6 Å². The maximum absolute atomic E-state index is 15.5. The van der Waals surface area contributed by atoms with Crippen LogP contribution in [0, 0.1) is 26.1 Å². The molecule has 2 aromatic rings. The van der Waals surface area contributed by atoms with Gasteiger partial charge in [0.2, 0.25) is 0 Å². The van der Waals surface area contributed by atoms with Crippen molar-refractivity contribution in [1.82, 2.24) is 0 Å². The van der Waals surface area contributed by atoms with E-state index in [-0.39, 0.29) is 42.9 Å². The number of carbonyl (C=O) groups is 1. The lowest BCUT2D eigenvalue weighted by Crippen LogP contribution is -2.39. The van der Waals surface area contributed by atoms with Crippen LogP contribution in [0.25, 0.3) is 0 Å². The SMILES string of the molecule is N#Cc1cc(NC(=O)c2ccc(I)cc2N2CCC3(CC2)CC3)c(F)c(N2CCC(F)(F)CC2)c1. The summed E-state index contributed by atoms with van der Waals surface area (Å²) in [5, 5.41) is 12.1. The number of nitrogens with zero attached hydrogens (tertiary/aromatic N) is 3. The molecule has 2 aliphatic heterocycles. The zero-order valence-electron chi connectivity index (χ0n) is 19.2. The van der Waals surface area contributed by atoms with Gasteiger partial charge in [-0.2, -0.15) is 5.26 Å². The Morgan fingerprint density at radius 1 is 0.943 bits per heavy atom. The third kappa shape index (κ3) is 5.08. The molecule has 1 amide bonds. The van der Waals surface area contributed by atoms with Gasteiger partial charge in [-0.15, -0.1) is 0 Å². The van der Waals surface area contributed by atoms with Gasteiger partial charge in [0.05, 0.1) is 34.3 Å². The fraction of sp³-hybridized carbons (Fsp3) is 0.462. The molecule has 1 saturated carbocycles. The molecule has 1 aliphatic carbocycles. The molecular weight excluding hydrogens is 568 g/mol. The van der Waals surface area contributed by atoms with Gasteiger partial charge < -0.3 is 15.1 Å². The van der Waals surface area contributed by atoms with Crippen LogP contribution in [0.15, 0.2) is 30.3 Å². The van der Waals surface area contributed by atoms with E-state index in [9.17, 15) is 18.8 Å². The molecule has 2 saturated heterocycles. The van der Waals surface area contributed by atoms with Crippen LogP contribution in [0.3, 0.4) is 0 Å². The molecule has 0 aromatic heterocycles. The summed E-state index contributed by atoms with van der Waals surface area (Å²) in [7, 11) is 0. The number of alkyl halides is 2. The average molecular weight is 594 g/mol. The van der Waals surface area contributed by atoms with E-state index in [1.54, 1.807) is 6.07 Å². The van der Waals surface area contributed by atoms with Crippen LogP contribution in [0.4, 0.5) is 30.2 Å². The number of nitrogens with one attached hydrogen (secondary N) is 1. The zero-order valence-corrected chi connectivity index (χ0v) is 21.4. The normalized spacial score (nSPS) is 20.4. The van der Waals surface area contributed by atoms with E-state index in [0.29, 0.717) is 11.0 Å². The number of benzene rings is 2. The van der Waals surface area contributed by atoms with Gasteiger partial charge in [-0.05, 0) is 84.0 Å². The molecule has 5 rings (SSSR count). The molecule has 3 fully saturated rings. The van der Waals surface area contributed by atoms with Gasteiger partial charge in [0.1, 0.15) is 0 Å². The maximum Gasteiger partial charge on any atom is 0.257 e. The summed E-state index contributed by atoms with van der Waals surface area (Å²) in [6.45, 7) is 1.71. The van der Waals surface area contributed by atoms with Gasteiger partial charge in [0, 0.05) is 42.6 Å². The van der Waals surface area contributed by atoms with E-state index in [1.807, 2.05) is 18.2 Å². The van der Waals surface area contributed by atoms with Crippen molar-refractivity contribution in [2.75, 3.05) is 41.3 Å². The van der Waals surface area contributed by atoms with E-state index in [4.69, 9.17) is 0 Å². The summed E-state index contributed by atoms with van der Waals surface area (Å²) in [6.07, 6.45) is 4.02. The minimum absolute atomic E-state index is 0.0239. The highest BCUT2D eigenvalue weighted by Gasteiger charge is 2.44. The fourth-order valence-corrected chi connectivity index (χ4v) is 5.59. The Balaban J connectivity index is 1.41. The molecule has 35 heavy (non-hydrogen) atoms. The van der Waals surface area contributed by atoms with E-state index >= 15 is 4.39 Å². The van der Waals surface area contributed by atoms with Gasteiger partial charge in [0.25, 0.3) is 11.8 Å². The van der Waals surface area contributed by atoms with Crippen molar-refractivity contribution in [1.29, 1.82) is 5.26 Å². The summed E-state index contributed by atoms with van der Waals surface area (Å²) >= 11 is 2.22. The van der Waals surface area contributed by atoms with Crippen molar-refractivity contribution in [2.45, 2.75) is 44.4 Å². The van der Waals surface area contributed by atoms with Crippen molar-refractivity contribution >= 4 is 45.6 Å². The van der Waals surface area contributed by atoms with Gasteiger partial charge in [-0.1, -0.05) is 0 Å². The molecule has 2 aromatic carbocycles. The van der Waals surface area contributed by atoms with Gasteiger partial charge in [0.15, 0.2) is 5.82 Å². The highest BCUT2D eigenvalue weighted by atomic mass is 127. The molecular formula is C26H26F3IN4O. The van der Waals surface area contributed by atoms with Crippen LogP contribution in [-0.4, -0.2) is 38.0 Å². The van der Waals surface area contributed by atoms with E-state index < -0.39 is 17.6 Å². The lowest BCUT2D eigenvalue weighted by atomic mass is 9.93. The van der Waals surface area contributed by atoms with Gasteiger partial charge in [-0.3, -0.25) is 4.79 Å². The number of hydrogen-bond donors (Lipinski definition) is 1. The number of nitriles is 1. The van der Waals surface area contributed by atoms with E-state index in [0.717, 1.165) is 35.2 Å². The second kappa shape index (κ2) is 9.19. The predicted molar refractivity (Wildman–Crippen MR) is 138 cm³/mol. The average Bonchev–Trinajstić information content (AvgIpc) is 3.59. The smallest absolute Gasteiger partial charge is 0.257 e. The van der Waals surface area contributed by atoms with Crippen LogP contribution in [0.2, 0.25) is 0 Å². The first-order valence-corrected chi connectivity index (χ1v) is 13.0. The molecule has 0 bridgehead atoms. The molecule has 0 atom stereocenters. The number of hydrogen-bond acceptors (Lipinski definition) is 4. The molecule has 9 heteroatoms. The lowest BCUT2D eigenvalue weighted by Gasteiger charge is -2.35. The third-order valence-corrected chi connectivity index (χ3v) is 8.26. The molecule has 2 heterocycles. The first-order valence-electron chi connectivity index (χ1n) is 11.9. The molecule has 1 N–H and O–H groups in total. The number of anilines is 3. The summed E-state index contributed by atoms with van der Waals surface area (Å²) in [5.41, 5.74) is 1.85. The quantitative estimate of drug-likeness (QED) is 0.431. The third-order valence-electron chi connectivity index (χ3n) is 7.59. The topological polar surface area (TPSA) is 59.4 Å². The second-order valence-corrected chi connectivity index (χ2v) is 11.2. The Hall–Kier alpha value is -2.48. The van der Waals surface area contributed by atoms with Crippen LogP contribution < -0.4 is 15.1 Å². The Labute approximate surface area is 216 Å². The molecule has 0 radical (unpaired) electrons. The number of halogens is 4. The Kier molecular flexibility index (Phi) is 6.36. The van der Waals surface area contributed by atoms with Gasteiger partial charge >= 0.3 is 0 Å². The highest BCUT2D eigenvalue weighted by molar-refractivity contribution is 14.1. The minimum Gasteiger partial charge on any atom is -0.371 e. The molecule has 1 spiro atoms. The second-order valence-electron chi connectivity index (χ2n) is 9.91. The maximum atomic E-state index is 15.5. The van der Waals surface area contributed by atoms with Crippen molar-refractivity contribution in [3.8, 4) is 6.07 Å². The van der Waals surface area contributed by atoms with Crippen LogP contribution in [0.1, 0.15) is 54.4 Å². The molecule has 0 unspecified atom stereocenters. The monoisotopic (exact) mass is 594 g/mol. The Bertz CT molecular complexity index is 1190. The summed E-state index contributed by atoms with van der Waals surface area (Å²) in [5.74, 6) is -3.96. The largest absolute Gasteiger partial charge is 0.371 e. The Morgan fingerprint density at radius 2 is 1.57 bits per heavy atom. The first-order chi connectivity index (χ1) is 16.7. The number of rotatable bonds is 4. The highest BCUT2D eigenvalue weighted by Crippen LogP contribution is 2.54. The molecule has 3 aliphatic rings. The molecule has 5 nitrogen and oxygen atoms in total. The summed E-state index contributed by atoms with van der Waals surface area (Å²) in [4.78, 5) is 17.1. The van der Waals surface area contributed by atoms with Crippen molar-refractivity contribution in [3.05, 3.63) is 50.8 Å². The number of carbonyl (C=O) groups excluding carboxylic acids is 1. The van der Waals surface area contributed by atoms with E-state index in [2.05, 4.69) is 32.8 Å². The van der Waals surface area contributed by atoms with Crippen LogP contribution in [-0.2, 0) is 0 Å². The lowest BCUT2D eigenvalue weighted by molar-refractivity contribution is -0.0221. The number of amides is 1. The van der Waals surface area contributed by atoms with Gasteiger partial charge in [-0.25, -0.2) is 13.2 Å². The van der Waals surface area contributed by atoms with Crippen molar-refractivity contribution in [3.63, 3.8) is 0 Å². The molecule has 184 valence electrons. The van der Waals surface area contributed by atoms with Crippen LogP contribution in [0.5, 0.6) is 0 Å². The first kappa shape index (κ1) is 24.2. The van der Waals surface area contributed by atoms with E-state index in [1.165, 1.54) is 29.9 Å². The Morgan fingerprint density at radius 3 is 2.20 bits per heavy atom. The fourth-order valence-electron chi connectivity index (χ4n) is 5.12.